The molecule has 0 unspecified atom stereocenters. The Labute approximate surface area is 208 Å². The van der Waals surface area contributed by atoms with Gasteiger partial charge in [-0.25, -0.2) is 8.42 Å². The van der Waals surface area contributed by atoms with Gasteiger partial charge >= 0.3 is 0 Å². The molecular formula is C25H34ClN3O4S. The molecule has 0 aliphatic rings. The Morgan fingerprint density at radius 3 is 2.24 bits per heavy atom. The van der Waals surface area contributed by atoms with Gasteiger partial charge in [0, 0.05) is 17.1 Å². The van der Waals surface area contributed by atoms with E-state index in [2.05, 4.69) is 5.32 Å². The van der Waals surface area contributed by atoms with Gasteiger partial charge in [0.05, 0.1) is 11.9 Å². The normalized spacial score (nSPS) is 12.7. The van der Waals surface area contributed by atoms with Gasteiger partial charge in [-0.3, -0.25) is 13.9 Å². The van der Waals surface area contributed by atoms with E-state index in [4.69, 9.17) is 11.6 Å². The van der Waals surface area contributed by atoms with E-state index in [9.17, 15) is 18.0 Å². The largest absolute Gasteiger partial charge is 0.350 e. The van der Waals surface area contributed by atoms with Crippen molar-refractivity contribution < 1.29 is 18.0 Å². The second-order valence-electron chi connectivity index (χ2n) is 9.39. The quantitative estimate of drug-likeness (QED) is 0.559. The minimum atomic E-state index is -3.80. The van der Waals surface area contributed by atoms with Crippen molar-refractivity contribution in [2.45, 2.75) is 52.6 Å². The van der Waals surface area contributed by atoms with E-state index in [1.807, 2.05) is 51.1 Å². The summed E-state index contributed by atoms with van der Waals surface area (Å²) in [4.78, 5) is 27.9. The predicted molar refractivity (Wildman–Crippen MR) is 138 cm³/mol. The molecule has 0 aliphatic heterocycles. The molecule has 0 aliphatic carbocycles. The van der Waals surface area contributed by atoms with E-state index < -0.39 is 34.1 Å². The van der Waals surface area contributed by atoms with Crippen molar-refractivity contribution in [2.75, 3.05) is 23.7 Å². The van der Waals surface area contributed by atoms with Crippen LogP contribution in [0.5, 0.6) is 0 Å². The molecule has 2 aromatic rings. The second-order valence-corrected chi connectivity index (χ2v) is 11.7. The van der Waals surface area contributed by atoms with Crippen LogP contribution in [0.1, 0.15) is 38.8 Å². The first-order chi connectivity index (χ1) is 15.7. The Balaban J connectivity index is 2.37. The van der Waals surface area contributed by atoms with Crippen molar-refractivity contribution in [1.29, 1.82) is 0 Å². The first kappa shape index (κ1) is 27.7. The predicted octanol–water partition coefficient (Wildman–Crippen LogP) is 3.79. The molecule has 2 aromatic carbocycles. The molecule has 0 bridgehead atoms. The number of halogens is 1. The van der Waals surface area contributed by atoms with Crippen LogP contribution >= 0.6 is 11.6 Å². The first-order valence-electron chi connectivity index (χ1n) is 11.1. The number of carbonyl (C=O) groups excluding carboxylic acids is 2. The first-order valence-corrected chi connectivity index (χ1v) is 13.3. The SMILES string of the molecule is Cc1c(Cl)cccc1N(CC(=O)N(CCc1ccccc1)[C@@H](C)C(=O)NC(C)(C)C)S(C)(=O)=O. The lowest BCUT2D eigenvalue weighted by molar-refractivity contribution is -0.139. The summed E-state index contributed by atoms with van der Waals surface area (Å²) in [6.07, 6.45) is 1.57. The fraction of sp³-hybridized carbons (Fsp3) is 0.440. The molecule has 34 heavy (non-hydrogen) atoms. The van der Waals surface area contributed by atoms with Crippen molar-refractivity contribution in [3.63, 3.8) is 0 Å². The summed E-state index contributed by atoms with van der Waals surface area (Å²) in [6.45, 7) is 8.76. The van der Waals surface area contributed by atoms with Crippen LogP contribution in [-0.4, -0.2) is 56.1 Å². The average molecular weight is 508 g/mol. The maximum absolute atomic E-state index is 13.5. The van der Waals surface area contributed by atoms with Crippen molar-refractivity contribution in [1.82, 2.24) is 10.2 Å². The molecular weight excluding hydrogens is 474 g/mol. The summed E-state index contributed by atoms with van der Waals surface area (Å²) >= 11 is 6.21. The van der Waals surface area contributed by atoms with Gasteiger partial charge in [0.15, 0.2) is 0 Å². The maximum atomic E-state index is 13.5. The van der Waals surface area contributed by atoms with Gasteiger partial charge in [-0.15, -0.1) is 0 Å². The number of hydrogen-bond acceptors (Lipinski definition) is 4. The summed E-state index contributed by atoms with van der Waals surface area (Å²) < 4.78 is 26.4. The highest BCUT2D eigenvalue weighted by atomic mass is 35.5. The molecule has 1 N–H and O–H groups in total. The van der Waals surface area contributed by atoms with E-state index in [1.54, 1.807) is 32.0 Å². The number of amides is 2. The number of sulfonamides is 1. The molecule has 0 aromatic heterocycles. The lowest BCUT2D eigenvalue weighted by Crippen LogP contribution is -2.55. The zero-order valence-electron chi connectivity index (χ0n) is 20.6. The van der Waals surface area contributed by atoms with E-state index in [1.165, 1.54) is 4.90 Å². The van der Waals surface area contributed by atoms with Crippen LogP contribution in [0.4, 0.5) is 5.69 Å². The summed E-state index contributed by atoms with van der Waals surface area (Å²) in [5, 5.41) is 3.30. The molecule has 9 heteroatoms. The van der Waals surface area contributed by atoms with Crippen LogP contribution in [0.25, 0.3) is 0 Å². The van der Waals surface area contributed by atoms with Crippen LogP contribution in [0.2, 0.25) is 5.02 Å². The monoisotopic (exact) mass is 507 g/mol. The van der Waals surface area contributed by atoms with Crippen LogP contribution < -0.4 is 9.62 Å². The fourth-order valence-corrected chi connectivity index (χ4v) is 4.57. The minimum Gasteiger partial charge on any atom is -0.350 e. The fourth-order valence-electron chi connectivity index (χ4n) is 3.51. The molecule has 1 atom stereocenters. The molecule has 0 saturated heterocycles. The van der Waals surface area contributed by atoms with E-state index >= 15 is 0 Å². The number of nitrogens with zero attached hydrogens (tertiary/aromatic N) is 2. The molecule has 0 heterocycles. The van der Waals surface area contributed by atoms with Gasteiger partial charge in [0.25, 0.3) is 0 Å². The van der Waals surface area contributed by atoms with Gasteiger partial charge in [0.2, 0.25) is 21.8 Å². The lowest BCUT2D eigenvalue weighted by Gasteiger charge is -2.33. The minimum absolute atomic E-state index is 0.258. The van der Waals surface area contributed by atoms with Crippen molar-refractivity contribution in [3.05, 3.63) is 64.7 Å². The molecule has 2 amide bonds. The summed E-state index contributed by atoms with van der Waals surface area (Å²) in [7, 11) is -3.80. The number of anilines is 1. The molecule has 0 radical (unpaired) electrons. The lowest BCUT2D eigenvalue weighted by atomic mass is 10.1. The molecule has 7 nitrogen and oxygen atoms in total. The highest BCUT2D eigenvalue weighted by molar-refractivity contribution is 7.92. The third kappa shape index (κ3) is 7.74. The van der Waals surface area contributed by atoms with E-state index in [0.717, 1.165) is 16.1 Å². The summed E-state index contributed by atoms with van der Waals surface area (Å²) in [5.74, 6) is -0.781. The number of hydrogen-bond donors (Lipinski definition) is 1. The Bertz CT molecular complexity index is 1110. The highest BCUT2D eigenvalue weighted by Crippen LogP contribution is 2.28. The van der Waals surface area contributed by atoms with Gasteiger partial charge in [0.1, 0.15) is 12.6 Å². The van der Waals surface area contributed by atoms with E-state index in [0.29, 0.717) is 22.7 Å². The van der Waals surface area contributed by atoms with E-state index in [-0.39, 0.29) is 12.5 Å². The molecule has 0 saturated carbocycles. The Morgan fingerprint density at radius 1 is 1.06 bits per heavy atom. The van der Waals surface area contributed by atoms with Crippen molar-refractivity contribution in [2.24, 2.45) is 0 Å². The standard InChI is InChI=1S/C25H34ClN3O4S/c1-18-21(26)13-10-14-22(18)29(34(6,32)33)17-23(30)28(16-15-20-11-8-7-9-12-20)19(2)24(31)27-25(3,4)5/h7-14,19H,15-17H2,1-6H3,(H,27,31)/t19-/m0/s1. The van der Waals surface area contributed by atoms with Crippen LogP contribution in [-0.2, 0) is 26.0 Å². The van der Waals surface area contributed by atoms with Gasteiger partial charge in [-0.2, -0.15) is 0 Å². The maximum Gasteiger partial charge on any atom is 0.244 e. The number of benzene rings is 2. The van der Waals surface area contributed by atoms with Crippen molar-refractivity contribution in [3.8, 4) is 0 Å². The van der Waals surface area contributed by atoms with Gasteiger partial charge in [-0.05, 0) is 64.3 Å². The van der Waals surface area contributed by atoms with Crippen LogP contribution in [0.15, 0.2) is 48.5 Å². The smallest absolute Gasteiger partial charge is 0.244 e. The van der Waals surface area contributed by atoms with Crippen LogP contribution in [0, 0.1) is 6.92 Å². The second kappa shape index (κ2) is 11.2. The molecule has 0 fully saturated rings. The average Bonchev–Trinajstić information content (AvgIpc) is 2.73. The zero-order valence-corrected chi connectivity index (χ0v) is 22.2. The third-order valence-corrected chi connectivity index (χ3v) is 6.87. The third-order valence-electron chi connectivity index (χ3n) is 5.34. The van der Waals surface area contributed by atoms with Crippen molar-refractivity contribution >= 4 is 39.1 Å². The molecule has 2 rings (SSSR count). The number of carbonyl (C=O) groups is 2. The summed E-state index contributed by atoms with van der Waals surface area (Å²) in [5.41, 5.74) is 1.42. The van der Waals surface area contributed by atoms with Gasteiger partial charge in [-0.1, -0.05) is 48.0 Å². The molecule has 0 spiro atoms. The zero-order chi connectivity index (χ0) is 25.7. The highest BCUT2D eigenvalue weighted by Gasteiger charge is 2.31. The Hall–Kier alpha value is -2.58. The topological polar surface area (TPSA) is 86.8 Å². The Kier molecular flexibility index (Phi) is 9.14. The number of nitrogens with one attached hydrogen (secondary N) is 1. The Morgan fingerprint density at radius 2 is 1.68 bits per heavy atom. The van der Waals surface area contributed by atoms with Crippen LogP contribution in [0.3, 0.4) is 0 Å². The summed E-state index contributed by atoms with van der Waals surface area (Å²) in [6, 6.07) is 13.7. The number of rotatable bonds is 9. The van der Waals surface area contributed by atoms with Gasteiger partial charge < -0.3 is 10.2 Å². The molecule has 186 valence electrons.